The van der Waals surface area contributed by atoms with Crippen LogP contribution >= 0.6 is 11.3 Å². The number of allylic oxidation sites excluding steroid dienone is 1. The number of fused-ring (bicyclic) bond motifs is 6. The van der Waals surface area contributed by atoms with E-state index in [0.29, 0.717) is 57.1 Å². The molecule has 2 aromatic heterocycles. The Bertz CT molecular complexity index is 2250. The molecule has 3 fully saturated rings. The molecule has 4 aliphatic heterocycles. The molecule has 0 radical (unpaired) electrons. The maximum atomic E-state index is 14.5. The second-order valence-corrected chi connectivity index (χ2v) is 19.6. The van der Waals surface area contributed by atoms with E-state index in [0.717, 1.165) is 52.0 Å². The van der Waals surface area contributed by atoms with Gasteiger partial charge in [-0.1, -0.05) is 46.4 Å². The van der Waals surface area contributed by atoms with Crippen LogP contribution < -0.4 is 10.7 Å². The lowest BCUT2D eigenvalue weighted by Crippen LogP contribution is -2.65. The Hall–Kier alpha value is -4.90. The molecule has 15 nitrogen and oxygen atoms in total. The normalized spacial score (nSPS) is 23.0. The zero-order chi connectivity index (χ0) is 45.2. The first-order valence-electron chi connectivity index (χ1n) is 22.4. The van der Waals surface area contributed by atoms with Crippen LogP contribution in [0.3, 0.4) is 0 Å². The van der Waals surface area contributed by atoms with Gasteiger partial charge in [0.1, 0.15) is 18.1 Å². The molecule has 4 amide bonds. The third kappa shape index (κ3) is 10.1. The molecule has 63 heavy (non-hydrogen) atoms. The van der Waals surface area contributed by atoms with Gasteiger partial charge in [-0.2, -0.15) is 0 Å². The summed E-state index contributed by atoms with van der Waals surface area (Å²) in [6.07, 6.45) is 9.03. The monoisotopic (exact) mass is 883 g/mol. The van der Waals surface area contributed by atoms with Crippen LogP contribution in [0.1, 0.15) is 76.6 Å². The van der Waals surface area contributed by atoms with Crippen molar-refractivity contribution in [3.8, 4) is 11.3 Å². The number of nitrogens with zero attached hydrogens (tertiary/aromatic N) is 7. The van der Waals surface area contributed by atoms with Gasteiger partial charge in [-0.15, -0.1) is 11.3 Å². The van der Waals surface area contributed by atoms with E-state index in [-0.39, 0.29) is 43.0 Å². The Kier molecular flexibility index (Phi) is 14.2. The van der Waals surface area contributed by atoms with E-state index >= 15 is 0 Å². The van der Waals surface area contributed by atoms with Crippen LogP contribution in [0.4, 0.5) is 4.79 Å². The molecule has 1 aromatic carbocycles. The number of carbonyl (C=O) groups excluding carboxylic acids is 4. The molecule has 7 rings (SSSR count). The number of urea groups is 1. The first-order chi connectivity index (χ1) is 30.1. The number of hydrogen-bond acceptors (Lipinski definition) is 11. The highest BCUT2D eigenvalue weighted by atomic mass is 32.1. The smallest absolute Gasteiger partial charge is 0.324 e. The molecule has 0 unspecified atom stereocenters. The second kappa shape index (κ2) is 19.5. The molecule has 3 aromatic rings. The van der Waals surface area contributed by atoms with Crippen molar-refractivity contribution < 1.29 is 28.7 Å². The number of hydrazine groups is 1. The van der Waals surface area contributed by atoms with Crippen LogP contribution in [0.5, 0.6) is 0 Å². The van der Waals surface area contributed by atoms with Crippen molar-refractivity contribution in [2.24, 2.45) is 16.3 Å². The number of hydrogen-bond donors (Lipinski definition) is 2. The summed E-state index contributed by atoms with van der Waals surface area (Å²) in [7, 11) is 5.62. The van der Waals surface area contributed by atoms with Gasteiger partial charge in [0.2, 0.25) is 5.91 Å². The number of nitrogens with one attached hydrogen (secondary N) is 2. The van der Waals surface area contributed by atoms with Gasteiger partial charge in [0.15, 0.2) is 0 Å². The minimum absolute atomic E-state index is 0.113. The SMILES string of the molecule is C=C/C=N\C(=C\c1c2c3cc(ccc3n1CC)-c1csc(n1)C[C@H](NC(=O)[C@H](C(C)C)N(C)C(=O)N1CC(N(C)C)C1)C(=O)N1CCC[C@H](N1)C(=O)OCC(C)(C)C2)[C@@H]1CCCO1. The zero-order valence-electron chi connectivity index (χ0n) is 38.2. The summed E-state index contributed by atoms with van der Waals surface area (Å²) < 4.78 is 14.5. The fourth-order valence-electron chi connectivity index (χ4n) is 9.17. The highest BCUT2D eigenvalue weighted by Gasteiger charge is 2.41. The van der Waals surface area contributed by atoms with Crippen LogP contribution in [0.25, 0.3) is 28.2 Å². The molecule has 340 valence electrons. The van der Waals surface area contributed by atoms with Crippen molar-refractivity contribution in [3.63, 3.8) is 0 Å². The number of ether oxygens (including phenoxy) is 2. The fourth-order valence-corrected chi connectivity index (χ4v) is 10.0. The molecular weight excluding hydrogens is 819 g/mol. The Morgan fingerprint density at radius 3 is 2.62 bits per heavy atom. The molecule has 0 aliphatic carbocycles. The summed E-state index contributed by atoms with van der Waals surface area (Å²) in [6.45, 7) is 17.0. The minimum Gasteiger partial charge on any atom is -0.464 e. The molecule has 16 heteroatoms. The van der Waals surface area contributed by atoms with Crippen molar-refractivity contribution in [1.29, 1.82) is 0 Å². The second-order valence-electron chi connectivity index (χ2n) is 18.7. The Morgan fingerprint density at radius 2 is 1.94 bits per heavy atom. The van der Waals surface area contributed by atoms with Crippen molar-refractivity contribution in [3.05, 3.63) is 58.2 Å². The predicted molar refractivity (Wildman–Crippen MR) is 247 cm³/mol. The third-order valence-electron chi connectivity index (χ3n) is 12.7. The highest BCUT2D eigenvalue weighted by Crippen LogP contribution is 2.38. The number of benzene rings is 1. The van der Waals surface area contributed by atoms with Crippen LogP contribution in [-0.4, -0.2) is 144 Å². The Balaban J connectivity index is 1.26. The number of thiazole rings is 1. The van der Waals surface area contributed by atoms with Crippen molar-refractivity contribution in [2.75, 3.05) is 54.0 Å². The van der Waals surface area contributed by atoms with Gasteiger partial charge in [-0.05, 0) is 82.8 Å². The van der Waals surface area contributed by atoms with Gasteiger partial charge in [-0.3, -0.25) is 24.4 Å². The van der Waals surface area contributed by atoms with E-state index in [1.165, 1.54) is 21.2 Å². The number of aromatic nitrogens is 2. The average molecular weight is 884 g/mol. The average Bonchev–Trinajstić information content (AvgIpc) is 4.00. The first-order valence-corrected chi connectivity index (χ1v) is 23.3. The van der Waals surface area contributed by atoms with Crippen LogP contribution in [0.15, 0.2) is 46.9 Å². The summed E-state index contributed by atoms with van der Waals surface area (Å²) in [5.74, 6) is -1.51. The Labute approximate surface area is 375 Å². The van der Waals surface area contributed by atoms with Crippen LogP contribution in [0.2, 0.25) is 0 Å². The standard InChI is InChI=1S/C47H65N9O6S/c1-10-18-48-35(40-15-13-20-61-40)22-39-33-24-47(5,6)28-62-45(59)34-14-12-19-56(51-34)44(58)36(23-41-49-37(27-63-41)30-16-17-38(32(33)21-30)55(39)11-2)50-43(57)42(29(3)4)53(9)46(60)54-25-31(26-54)52(7)8/h10,16-18,21-22,27,29,31,34,36,40,42,51H,1,11-15,19-20,23-26,28H2,2-9H3,(H,50,57)/b35-22+,48-18-/t34-,36-,40-,42-/m0/s1. The van der Waals surface area contributed by atoms with Gasteiger partial charge < -0.3 is 34.1 Å². The third-order valence-corrected chi connectivity index (χ3v) is 13.6. The quantitative estimate of drug-likeness (QED) is 0.198. The molecule has 0 saturated carbocycles. The number of aliphatic imine (C=N–C) groups is 1. The van der Waals surface area contributed by atoms with Gasteiger partial charge >= 0.3 is 12.0 Å². The summed E-state index contributed by atoms with van der Waals surface area (Å²) in [4.78, 5) is 71.5. The van der Waals surface area contributed by atoms with E-state index in [4.69, 9.17) is 19.5 Å². The van der Waals surface area contributed by atoms with Gasteiger partial charge in [0, 0.05) is 91.5 Å². The lowest BCUT2D eigenvalue weighted by Gasteiger charge is -2.45. The summed E-state index contributed by atoms with van der Waals surface area (Å²) in [6, 6.07) is 3.80. The molecule has 6 bridgehead atoms. The molecule has 4 atom stereocenters. The van der Waals surface area contributed by atoms with Gasteiger partial charge in [0.25, 0.3) is 5.91 Å². The number of aryl methyl sites for hydroxylation is 1. The number of rotatable bonds is 10. The molecule has 6 heterocycles. The van der Waals surface area contributed by atoms with Crippen molar-refractivity contribution >= 4 is 58.3 Å². The number of likely N-dealkylation sites (tertiary alicyclic amines) is 1. The maximum absolute atomic E-state index is 14.5. The lowest BCUT2D eigenvalue weighted by atomic mass is 9.85. The maximum Gasteiger partial charge on any atom is 0.324 e. The largest absolute Gasteiger partial charge is 0.464 e. The Morgan fingerprint density at radius 1 is 1.16 bits per heavy atom. The minimum atomic E-state index is -1.03. The molecular formula is C47H65N9O6S. The van der Waals surface area contributed by atoms with E-state index in [9.17, 15) is 19.2 Å². The van der Waals surface area contributed by atoms with E-state index < -0.39 is 35.4 Å². The van der Waals surface area contributed by atoms with Crippen LogP contribution in [0, 0.1) is 11.3 Å². The van der Waals surface area contributed by atoms with Crippen molar-refractivity contribution in [2.45, 2.75) is 110 Å². The van der Waals surface area contributed by atoms with Gasteiger partial charge in [0.05, 0.1) is 29.1 Å². The van der Waals surface area contributed by atoms with Crippen LogP contribution in [-0.2, 0) is 43.2 Å². The molecule has 2 N–H and O–H groups in total. The fraction of sp³-hybridized carbons (Fsp3) is 0.574. The van der Waals surface area contributed by atoms with E-state index in [1.54, 1.807) is 24.2 Å². The molecule has 3 saturated heterocycles. The zero-order valence-corrected chi connectivity index (χ0v) is 39.0. The van der Waals surface area contributed by atoms with Crippen molar-refractivity contribution in [1.82, 2.24) is 40.0 Å². The number of cyclic esters (lactones) is 1. The van der Waals surface area contributed by atoms with E-state index in [2.05, 4.69) is 71.8 Å². The molecule has 4 aliphatic rings. The number of amides is 4. The summed E-state index contributed by atoms with van der Waals surface area (Å²) in [5, 5.41) is 8.20. The lowest BCUT2D eigenvalue weighted by molar-refractivity contribution is -0.155. The van der Waals surface area contributed by atoms with E-state index in [1.807, 2.05) is 33.3 Å². The number of likely N-dealkylation sites (N-methyl/N-ethyl adjacent to an activating group) is 2. The first kappa shape index (κ1) is 46.1. The molecule has 0 spiro atoms. The topological polar surface area (TPSA) is 154 Å². The van der Waals surface area contributed by atoms with Gasteiger partial charge in [-0.25, -0.2) is 15.2 Å². The number of esters is 1. The number of carbonyl (C=O) groups is 4. The predicted octanol–water partition coefficient (Wildman–Crippen LogP) is 5.53. The summed E-state index contributed by atoms with van der Waals surface area (Å²) in [5.41, 5.74) is 8.39. The summed E-state index contributed by atoms with van der Waals surface area (Å²) >= 11 is 1.43. The highest BCUT2D eigenvalue weighted by molar-refractivity contribution is 7.10.